The second kappa shape index (κ2) is 8.94. The van der Waals surface area contributed by atoms with Crippen molar-refractivity contribution < 1.29 is 9.53 Å². The highest BCUT2D eigenvalue weighted by atomic mass is 32.2. The van der Waals surface area contributed by atoms with Gasteiger partial charge in [0.15, 0.2) is 5.96 Å². The minimum absolute atomic E-state index is 0.0659. The summed E-state index contributed by atoms with van der Waals surface area (Å²) < 4.78 is 5.72. The molecule has 2 aliphatic heterocycles. The molecule has 1 atom stereocenters. The topological polar surface area (TPSA) is 66.0 Å². The van der Waals surface area contributed by atoms with Crippen LogP contribution in [-0.2, 0) is 9.53 Å². The number of carbonyl (C=O) groups excluding carboxylic acids is 1. The summed E-state index contributed by atoms with van der Waals surface area (Å²) >= 11 is 1.92. The molecule has 2 fully saturated rings. The van der Waals surface area contributed by atoms with Crippen LogP contribution in [0.1, 0.15) is 33.1 Å². The first-order valence-corrected chi connectivity index (χ1v) is 10.1. The molecule has 1 amide bonds. The van der Waals surface area contributed by atoms with Crippen LogP contribution in [0.5, 0.6) is 0 Å². The highest BCUT2D eigenvalue weighted by Crippen LogP contribution is 2.32. The summed E-state index contributed by atoms with van der Waals surface area (Å²) in [5.41, 5.74) is 0. The second-order valence-electron chi connectivity index (χ2n) is 6.99. The normalized spacial score (nSPS) is 24.3. The van der Waals surface area contributed by atoms with Gasteiger partial charge in [0, 0.05) is 56.6 Å². The summed E-state index contributed by atoms with van der Waals surface area (Å²) in [6.07, 6.45) is 5.28. The number of aliphatic imine (C=N–C) groups is 1. The molecule has 7 heteroatoms. The summed E-state index contributed by atoms with van der Waals surface area (Å²) in [7, 11) is 1.80. The van der Waals surface area contributed by atoms with Crippen LogP contribution < -0.4 is 10.6 Å². The third kappa shape index (κ3) is 5.02. The van der Waals surface area contributed by atoms with E-state index in [4.69, 9.17) is 4.74 Å². The van der Waals surface area contributed by atoms with E-state index in [0.29, 0.717) is 0 Å². The fourth-order valence-corrected chi connectivity index (χ4v) is 4.06. The Balaban J connectivity index is 1.81. The summed E-state index contributed by atoms with van der Waals surface area (Å²) in [6.45, 7) is 8.07. The molecule has 0 aromatic carbocycles. The zero-order chi connectivity index (χ0) is 17.6. The van der Waals surface area contributed by atoms with Crippen LogP contribution in [0.3, 0.4) is 0 Å². The number of amides is 1. The van der Waals surface area contributed by atoms with E-state index in [0.717, 1.165) is 58.1 Å². The number of likely N-dealkylation sites (tertiary alicyclic amines) is 1. The van der Waals surface area contributed by atoms with E-state index in [1.54, 1.807) is 7.05 Å². The van der Waals surface area contributed by atoms with Gasteiger partial charge >= 0.3 is 0 Å². The lowest BCUT2D eigenvalue weighted by atomic mass is 9.99. The van der Waals surface area contributed by atoms with Crippen molar-refractivity contribution in [3.8, 4) is 0 Å². The van der Waals surface area contributed by atoms with Crippen molar-refractivity contribution in [3.63, 3.8) is 0 Å². The quantitative estimate of drug-likeness (QED) is 0.574. The Labute approximate surface area is 150 Å². The highest BCUT2D eigenvalue weighted by Gasteiger charge is 2.32. The predicted molar refractivity (Wildman–Crippen MR) is 101 cm³/mol. The Morgan fingerprint density at radius 2 is 2.12 bits per heavy atom. The van der Waals surface area contributed by atoms with Gasteiger partial charge in [-0.1, -0.05) is 13.8 Å². The molecule has 2 saturated heterocycles. The lowest BCUT2D eigenvalue weighted by molar-refractivity contribution is -0.133. The largest absolute Gasteiger partial charge is 0.381 e. The van der Waals surface area contributed by atoms with Gasteiger partial charge in [-0.3, -0.25) is 9.79 Å². The molecule has 138 valence electrons. The van der Waals surface area contributed by atoms with E-state index in [-0.39, 0.29) is 22.6 Å². The first-order valence-electron chi connectivity index (χ1n) is 8.88. The summed E-state index contributed by atoms with van der Waals surface area (Å²) in [5.74, 6) is 1.14. The minimum Gasteiger partial charge on any atom is -0.381 e. The van der Waals surface area contributed by atoms with Crippen LogP contribution in [-0.4, -0.2) is 73.7 Å². The summed E-state index contributed by atoms with van der Waals surface area (Å²) in [5, 5.41) is 6.96. The maximum Gasteiger partial charge on any atom is 0.225 e. The molecule has 6 nitrogen and oxygen atoms in total. The SMILES string of the molecule is CN=C(NCC1(SC)CCOCC1)NC1CCN(C(=O)C(C)C)C1. The van der Waals surface area contributed by atoms with Gasteiger partial charge in [0.1, 0.15) is 0 Å². The molecule has 0 aromatic heterocycles. The first-order chi connectivity index (χ1) is 11.5. The molecule has 2 aliphatic rings. The van der Waals surface area contributed by atoms with Crippen molar-refractivity contribution in [1.29, 1.82) is 0 Å². The number of thioether (sulfide) groups is 1. The molecule has 24 heavy (non-hydrogen) atoms. The van der Waals surface area contributed by atoms with Crippen molar-refractivity contribution >= 4 is 23.6 Å². The number of carbonyl (C=O) groups is 1. The number of hydrogen-bond donors (Lipinski definition) is 2. The maximum atomic E-state index is 12.1. The zero-order valence-electron chi connectivity index (χ0n) is 15.4. The Kier molecular flexibility index (Phi) is 7.22. The third-order valence-corrected chi connectivity index (χ3v) is 6.39. The fraction of sp³-hybridized carbons (Fsp3) is 0.882. The van der Waals surface area contributed by atoms with Crippen LogP contribution in [0.2, 0.25) is 0 Å². The number of rotatable bonds is 5. The number of nitrogens with zero attached hydrogens (tertiary/aromatic N) is 2. The van der Waals surface area contributed by atoms with E-state index in [9.17, 15) is 4.79 Å². The Bertz CT molecular complexity index is 450. The van der Waals surface area contributed by atoms with Crippen molar-refractivity contribution in [3.05, 3.63) is 0 Å². The van der Waals surface area contributed by atoms with E-state index >= 15 is 0 Å². The highest BCUT2D eigenvalue weighted by molar-refractivity contribution is 8.00. The van der Waals surface area contributed by atoms with E-state index in [1.165, 1.54) is 0 Å². The Hall–Kier alpha value is -0.950. The van der Waals surface area contributed by atoms with Crippen molar-refractivity contribution in [2.45, 2.75) is 43.9 Å². The number of hydrogen-bond acceptors (Lipinski definition) is 4. The maximum absolute atomic E-state index is 12.1. The number of guanidine groups is 1. The van der Waals surface area contributed by atoms with Gasteiger partial charge in [0.25, 0.3) is 0 Å². The van der Waals surface area contributed by atoms with Crippen LogP contribution in [0.25, 0.3) is 0 Å². The molecule has 0 saturated carbocycles. The average molecular weight is 357 g/mol. The first kappa shape index (κ1) is 19.4. The second-order valence-corrected chi connectivity index (χ2v) is 8.27. The Morgan fingerprint density at radius 3 is 2.71 bits per heavy atom. The lowest BCUT2D eigenvalue weighted by Gasteiger charge is -2.36. The smallest absolute Gasteiger partial charge is 0.225 e. The van der Waals surface area contributed by atoms with E-state index in [1.807, 2.05) is 30.5 Å². The van der Waals surface area contributed by atoms with Gasteiger partial charge in [-0.05, 0) is 25.5 Å². The van der Waals surface area contributed by atoms with E-state index in [2.05, 4.69) is 21.9 Å². The molecular formula is C17H32N4O2S. The molecule has 0 spiro atoms. The minimum atomic E-state index is 0.0659. The van der Waals surface area contributed by atoms with Crippen LogP contribution in [0.15, 0.2) is 4.99 Å². The molecule has 1 unspecified atom stereocenters. The molecule has 0 aliphatic carbocycles. The molecule has 2 heterocycles. The zero-order valence-corrected chi connectivity index (χ0v) is 16.2. The molecule has 0 aromatic rings. The van der Waals surface area contributed by atoms with Gasteiger partial charge in [-0.25, -0.2) is 0 Å². The standard InChI is InChI=1S/C17H32N4O2S/c1-13(2)15(22)21-8-5-14(11-21)20-16(18-3)19-12-17(24-4)6-9-23-10-7-17/h13-14H,5-12H2,1-4H3,(H2,18,19,20). The number of ether oxygens (including phenoxy) is 1. The Morgan fingerprint density at radius 1 is 1.42 bits per heavy atom. The summed E-state index contributed by atoms with van der Waals surface area (Å²) in [4.78, 5) is 18.4. The van der Waals surface area contributed by atoms with Crippen molar-refractivity contribution in [2.75, 3.05) is 46.2 Å². The van der Waals surface area contributed by atoms with Gasteiger partial charge in [-0.2, -0.15) is 11.8 Å². The molecule has 0 bridgehead atoms. The molecular weight excluding hydrogens is 324 g/mol. The van der Waals surface area contributed by atoms with Crippen molar-refractivity contribution in [2.24, 2.45) is 10.9 Å². The molecule has 0 radical (unpaired) electrons. The van der Waals surface area contributed by atoms with Gasteiger partial charge in [0.05, 0.1) is 0 Å². The predicted octanol–water partition coefficient (Wildman–Crippen LogP) is 1.32. The van der Waals surface area contributed by atoms with Crippen LogP contribution >= 0.6 is 11.8 Å². The molecule has 2 rings (SSSR count). The van der Waals surface area contributed by atoms with Crippen LogP contribution in [0, 0.1) is 5.92 Å². The fourth-order valence-electron chi connectivity index (χ4n) is 3.27. The summed E-state index contributed by atoms with van der Waals surface area (Å²) in [6, 6.07) is 0.277. The average Bonchev–Trinajstić information content (AvgIpc) is 3.07. The lowest BCUT2D eigenvalue weighted by Crippen LogP contribution is -2.50. The molecule has 2 N–H and O–H groups in total. The monoisotopic (exact) mass is 356 g/mol. The van der Waals surface area contributed by atoms with E-state index < -0.39 is 0 Å². The van der Waals surface area contributed by atoms with Crippen molar-refractivity contribution in [1.82, 2.24) is 15.5 Å². The van der Waals surface area contributed by atoms with Gasteiger partial charge in [-0.15, -0.1) is 0 Å². The number of nitrogens with one attached hydrogen (secondary N) is 2. The van der Waals surface area contributed by atoms with Gasteiger partial charge in [0.2, 0.25) is 5.91 Å². The third-order valence-electron chi connectivity index (χ3n) is 4.97. The van der Waals surface area contributed by atoms with Crippen LogP contribution in [0.4, 0.5) is 0 Å². The van der Waals surface area contributed by atoms with Gasteiger partial charge < -0.3 is 20.3 Å².